The van der Waals surface area contributed by atoms with Crippen LogP contribution < -0.4 is 21.5 Å². The molecule has 0 radical (unpaired) electrons. The summed E-state index contributed by atoms with van der Waals surface area (Å²) in [5.41, 5.74) is 0.930. The molecule has 3 aliphatic rings. The fraction of sp³-hybridized carbons (Fsp3) is 0.476. The van der Waals surface area contributed by atoms with Gasteiger partial charge < -0.3 is 21.1 Å². The Kier molecular flexibility index (Phi) is 4.28. The van der Waals surface area contributed by atoms with Crippen molar-refractivity contribution in [1.82, 2.24) is 19.9 Å². The van der Waals surface area contributed by atoms with Crippen LogP contribution in [0.5, 0.6) is 0 Å². The van der Waals surface area contributed by atoms with Gasteiger partial charge in [-0.25, -0.2) is 9.97 Å². The number of carboxylic acids is 1. The zero-order valence-electron chi connectivity index (χ0n) is 17.2. The molecule has 10 heteroatoms. The summed E-state index contributed by atoms with van der Waals surface area (Å²) in [6.07, 6.45) is 7.31. The van der Waals surface area contributed by atoms with Crippen LogP contribution in [0.25, 0.3) is 0 Å². The average molecular weight is 424 g/mol. The van der Waals surface area contributed by atoms with Gasteiger partial charge in [-0.2, -0.15) is 0 Å². The van der Waals surface area contributed by atoms with Gasteiger partial charge in [0.15, 0.2) is 0 Å². The van der Waals surface area contributed by atoms with Crippen LogP contribution >= 0.6 is 0 Å². The van der Waals surface area contributed by atoms with Crippen LogP contribution in [0, 0.1) is 12.3 Å². The van der Waals surface area contributed by atoms with Gasteiger partial charge in [0.1, 0.15) is 41.6 Å². The molecule has 2 spiro atoms. The van der Waals surface area contributed by atoms with Gasteiger partial charge in [0.2, 0.25) is 0 Å². The number of nitrogens with zero attached hydrogens (tertiary/aromatic N) is 3. The molecule has 0 atom stereocenters. The highest BCUT2D eigenvalue weighted by Gasteiger charge is 2.53. The van der Waals surface area contributed by atoms with E-state index in [1.165, 1.54) is 25.2 Å². The number of fused-ring (bicyclic) bond motifs is 2. The highest BCUT2D eigenvalue weighted by Crippen LogP contribution is 2.59. The number of anilines is 3. The molecule has 1 amide bonds. The second kappa shape index (κ2) is 6.79. The van der Waals surface area contributed by atoms with Crippen molar-refractivity contribution in [2.75, 3.05) is 17.2 Å². The topological polar surface area (TPSA) is 138 Å². The molecule has 10 nitrogen and oxygen atoms in total. The Morgan fingerprint density at radius 3 is 2.48 bits per heavy atom. The summed E-state index contributed by atoms with van der Waals surface area (Å²) in [5, 5.41) is 17.6. The van der Waals surface area contributed by atoms with E-state index < -0.39 is 11.6 Å². The number of aromatic nitrogens is 3. The number of aliphatic carboxylic acids is 1. The Morgan fingerprint density at radius 2 is 1.81 bits per heavy atom. The first-order valence-corrected chi connectivity index (χ1v) is 10.5. The normalized spacial score (nSPS) is 19.7. The largest absolute Gasteiger partial charge is 0.480 e. The first kappa shape index (κ1) is 19.5. The van der Waals surface area contributed by atoms with Gasteiger partial charge in [0, 0.05) is 6.07 Å². The lowest BCUT2D eigenvalue weighted by molar-refractivity contribution is -0.134. The SMILES string of the molecule is Cc1cc(Nc2cc(NCC(=O)O)ncn2)c(=O)n2c1C(=O)NC21CCC2(CC2)CC1. The molecule has 31 heavy (non-hydrogen) atoms. The van der Waals surface area contributed by atoms with Crippen LogP contribution in [0.4, 0.5) is 17.3 Å². The minimum absolute atomic E-state index is 0.199. The zero-order valence-corrected chi connectivity index (χ0v) is 17.2. The lowest BCUT2D eigenvalue weighted by Crippen LogP contribution is -2.50. The standard InChI is InChI=1S/C21H24N6O4/c1-12-8-13(25-15-9-14(23-11-24-15)22-10-16(28)29)19(31)27-17(12)18(30)26-21(27)6-4-20(2-3-20)5-7-21/h8-9,11H,2-7,10H2,1H3,(H,26,30)(H,28,29)(H2,22,23,24,25). The second-order valence-corrected chi connectivity index (χ2v) is 8.88. The quantitative estimate of drug-likeness (QED) is 0.571. The number of pyridine rings is 1. The minimum atomic E-state index is -1.01. The Labute approximate surface area is 178 Å². The monoisotopic (exact) mass is 424 g/mol. The van der Waals surface area contributed by atoms with Crippen molar-refractivity contribution in [2.45, 2.75) is 51.1 Å². The molecule has 1 aliphatic heterocycles. The maximum absolute atomic E-state index is 13.5. The minimum Gasteiger partial charge on any atom is -0.480 e. The predicted molar refractivity (Wildman–Crippen MR) is 112 cm³/mol. The third kappa shape index (κ3) is 3.31. The van der Waals surface area contributed by atoms with Gasteiger partial charge in [-0.1, -0.05) is 0 Å². The maximum Gasteiger partial charge on any atom is 0.322 e. The Bertz CT molecular complexity index is 1140. The molecule has 2 aromatic rings. The molecule has 0 unspecified atom stereocenters. The molecule has 5 rings (SSSR count). The summed E-state index contributed by atoms with van der Waals surface area (Å²) >= 11 is 0. The Hall–Kier alpha value is -3.43. The van der Waals surface area contributed by atoms with Gasteiger partial charge in [-0.05, 0) is 62.5 Å². The molecule has 2 aromatic heterocycles. The second-order valence-electron chi connectivity index (χ2n) is 8.88. The van der Waals surface area contributed by atoms with E-state index in [0.29, 0.717) is 34.0 Å². The molecule has 4 N–H and O–H groups in total. The van der Waals surface area contributed by atoms with E-state index in [4.69, 9.17) is 5.11 Å². The van der Waals surface area contributed by atoms with Crippen LogP contribution in [0.15, 0.2) is 23.3 Å². The smallest absolute Gasteiger partial charge is 0.322 e. The van der Waals surface area contributed by atoms with Crippen molar-refractivity contribution >= 4 is 29.2 Å². The molecule has 2 saturated carbocycles. The van der Waals surface area contributed by atoms with Gasteiger partial charge >= 0.3 is 5.97 Å². The number of hydrogen-bond donors (Lipinski definition) is 4. The maximum atomic E-state index is 13.5. The number of carboxylic acid groups (broad SMARTS) is 1. The molecule has 0 bridgehead atoms. The van der Waals surface area contributed by atoms with E-state index in [1.54, 1.807) is 10.6 Å². The fourth-order valence-electron chi connectivity index (χ4n) is 4.90. The first-order valence-electron chi connectivity index (χ1n) is 10.5. The number of hydrogen-bond acceptors (Lipinski definition) is 7. The summed E-state index contributed by atoms with van der Waals surface area (Å²) in [5.74, 6) is -0.529. The summed E-state index contributed by atoms with van der Waals surface area (Å²) in [7, 11) is 0. The summed E-state index contributed by atoms with van der Waals surface area (Å²) in [4.78, 5) is 45.1. The van der Waals surface area contributed by atoms with Crippen LogP contribution in [0.1, 0.15) is 54.6 Å². The number of carbonyl (C=O) groups is 2. The Balaban J connectivity index is 1.48. The third-order valence-electron chi connectivity index (χ3n) is 6.83. The van der Waals surface area contributed by atoms with Crippen LogP contribution in [0.2, 0.25) is 0 Å². The zero-order chi connectivity index (χ0) is 21.8. The lowest BCUT2D eigenvalue weighted by Gasteiger charge is -2.39. The molecule has 3 heterocycles. The van der Waals surface area contributed by atoms with Crippen molar-refractivity contribution in [3.63, 3.8) is 0 Å². The molecule has 2 fully saturated rings. The van der Waals surface area contributed by atoms with E-state index in [0.717, 1.165) is 25.7 Å². The van der Waals surface area contributed by atoms with Crippen LogP contribution in [-0.2, 0) is 10.5 Å². The predicted octanol–water partition coefficient (Wildman–Crippen LogP) is 1.94. The number of aryl methyl sites for hydroxylation is 1. The summed E-state index contributed by atoms with van der Waals surface area (Å²) < 4.78 is 1.65. The van der Waals surface area contributed by atoms with Crippen LogP contribution in [-0.4, -0.2) is 38.1 Å². The van der Waals surface area contributed by atoms with Gasteiger partial charge in [-0.15, -0.1) is 0 Å². The molecule has 0 aromatic carbocycles. The fourth-order valence-corrected chi connectivity index (χ4v) is 4.90. The number of nitrogens with one attached hydrogen (secondary N) is 3. The first-order chi connectivity index (χ1) is 14.8. The van der Waals surface area contributed by atoms with Crippen molar-refractivity contribution in [3.05, 3.63) is 40.1 Å². The summed E-state index contributed by atoms with van der Waals surface area (Å²) in [6.45, 7) is 1.54. The van der Waals surface area contributed by atoms with Gasteiger partial charge in [-0.3, -0.25) is 19.0 Å². The number of amides is 1. The van der Waals surface area contributed by atoms with Crippen molar-refractivity contribution < 1.29 is 14.7 Å². The number of rotatable bonds is 5. The summed E-state index contributed by atoms with van der Waals surface area (Å²) in [6, 6.07) is 3.19. The number of carbonyl (C=O) groups excluding carboxylic acids is 1. The van der Waals surface area contributed by atoms with E-state index in [-0.39, 0.29) is 18.0 Å². The van der Waals surface area contributed by atoms with Crippen molar-refractivity contribution in [1.29, 1.82) is 0 Å². The van der Waals surface area contributed by atoms with Gasteiger partial charge in [0.05, 0.1) is 0 Å². The molecule has 2 aliphatic carbocycles. The average Bonchev–Trinajstić information content (AvgIpc) is 3.43. The molecule has 0 saturated heterocycles. The lowest BCUT2D eigenvalue weighted by atomic mass is 9.79. The van der Waals surface area contributed by atoms with E-state index in [2.05, 4.69) is 25.9 Å². The van der Waals surface area contributed by atoms with E-state index in [9.17, 15) is 14.4 Å². The Morgan fingerprint density at radius 1 is 1.13 bits per heavy atom. The van der Waals surface area contributed by atoms with Crippen LogP contribution in [0.3, 0.4) is 0 Å². The highest BCUT2D eigenvalue weighted by molar-refractivity contribution is 5.97. The van der Waals surface area contributed by atoms with E-state index in [1.807, 2.05) is 6.92 Å². The molecule has 162 valence electrons. The molecular weight excluding hydrogens is 400 g/mol. The van der Waals surface area contributed by atoms with E-state index >= 15 is 0 Å². The highest BCUT2D eigenvalue weighted by atomic mass is 16.4. The third-order valence-corrected chi connectivity index (χ3v) is 6.83. The van der Waals surface area contributed by atoms with Crippen molar-refractivity contribution in [2.24, 2.45) is 5.41 Å². The van der Waals surface area contributed by atoms with Crippen molar-refractivity contribution in [3.8, 4) is 0 Å². The van der Waals surface area contributed by atoms with Gasteiger partial charge in [0.25, 0.3) is 11.5 Å². The molecular formula is C21H24N6O4.